The van der Waals surface area contributed by atoms with Gasteiger partial charge in [0.25, 0.3) is 5.91 Å². The summed E-state index contributed by atoms with van der Waals surface area (Å²) in [7, 11) is 0. The zero-order valence-corrected chi connectivity index (χ0v) is 13.7. The van der Waals surface area contributed by atoms with Crippen LogP contribution in [-0.4, -0.2) is 27.5 Å². The van der Waals surface area contributed by atoms with E-state index >= 15 is 0 Å². The molecule has 0 aliphatic rings. The van der Waals surface area contributed by atoms with Gasteiger partial charge in [0, 0.05) is 19.2 Å². The zero-order valence-electron chi connectivity index (χ0n) is 12.9. The van der Waals surface area contributed by atoms with Gasteiger partial charge in [0.1, 0.15) is 11.4 Å². The molecule has 0 aliphatic heterocycles. The Morgan fingerprint density at radius 2 is 2.04 bits per heavy atom. The Bertz CT molecular complexity index is 798. The van der Waals surface area contributed by atoms with E-state index in [2.05, 4.69) is 5.10 Å². The lowest BCUT2D eigenvalue weighted by Gasteiger charge is -2.05. The number of benzene rings is 1. The van der Waals surface area contributed by atoms with E-state index in [0.717, 1.165) is 29.3 Å². The first-order valence-electron chi connectivity index (χ1n) is 7.52. The number of ether oxygens (including phenoxy) is 1. The average molecular weight is 343 g/mol. The lowest BCUT2D eigenvalue weighted by atomic mass is 10.3. The Morgan fingerprint density at radius 3 is 2.83 bits per heavy atom. The molecule has 0 spiro atoms. The molecule has 124 valence electrons. The van der Waals surface area contributed by atoms with Crippen molar-refractivity contribution >= 4 is 17.2 Å². The van der Waals surface area contributed by atoms with Crippen molar-refractivity contribution in [3.05, 3.63) is 59.6 Å². The van der Waals surface area contributed by atoms with Crippen molar-refractivity contribution in [2.24, 2.45) is 0 Å². The first kappa shape index (κ1) is 16.2. The second-order valence-electron chi connectivity index (χ2n) is 5.08. The number of thiophene rings is 1. The molecule has 0 saturated heterocycles. The lowest BCUT2D eigenvalue weighted by Crippen LogP contribution is -2.16. The molecule has 0 radical (unpaired) electrons. The summed E-state index contributed by atoms with van der Waals surface area (Å²) < 4.78 is 7.51. The topological polar surface area (TPSA) is 76.4 Å². The fourth-order valence-corrected chi connectivity index (χ4v) is 3.06. The van der Waals surface area contributed by atoms with E-state index in [4.69, 9.17) is 9.94 Å². The van der Waals surface area contributed by atoms with Gasteiger partial charge in [0.05, 0.1) is 16.4 Å². The minimum Gasteiger partial charge on any atom is -0.494 e. The summed E-state index contributed by atoms with van der Waals surface area (Å²) in [5.74, 6) is 0.357. The van der Waals surface area contributed by atoms with E-state index in [1.165, 1.54) is 11.3 Å². The number of amides is 1. The third kappa shape index (κ3) is 4.01. The highest BCUT2D eigenvalue weighted by Crippen LogP contribution is 2.26. The third-order valence-electron chi connectivity index (χ3n) is 3.37. The van der Waals surface area contributed by atoms with Crippen LogP contribution in [0.15, 0.2) is 54.7 Å². The van der Waals surface area contributed by atoms with Crippen LogP contribution in [0.5, 0.6) is 5.75 Å². The predicted molar refractivity (Wildman–Crippen MR) is 91.3 cm³/mol. The Balaban J connectivity index is 1.52. The molecule has 6 nitrogen and oxygen atoms in total. The van der Waals surface area contributed by atoms with Crippen molar-refractivity contribution < 1.29 is 14.7 Å². The minimum atomic E-state index is -0.510. The van der Waals surface area contributed by atoms with Crippen LogP contribution in [0.25, 0.3) is 10.6 Å². The van der Waals surface area contributed by atoms with Crippen LogP contribution in [-0.2, 0) is 6.54 Å². The van der Waals surface area contributed by atoms with Gasteiger partial charge in [-0.15, -0.1) is 11.3 Å². The van der Waals surface area contributed by atoms with Crippen molar-refractivity contribution in [2.75, 3.05) is 6.61 Å². The summed E-state index contributed by atoms with van der Waals surface area (Å²) in [5, 5.41) is 13.2. The van der Waals surface area contributed by atoms with Crippen molar-refractivity contribution in [2.45, 2.75) is 13.0 Å². The van der Waals surface area contributed by atoms with Crippen LogP contribution in [0.1, 0.15) is 16.1 Å². The quantitative estimate of drug-likeness (QED) is 0.392. The zero-order chi connectivity index (χ0) is 16.8. The summed E-state index contributed by atoms with van der Waals surface area (Å²) in [6, 6.07) is 15.1. The Hall–Kier alpha value is -2.64. The van der Waals surface area contributed by atoms with Crippen LogP contribution >= 0.6 is 11.3 Å². The van der Waals surface area contributed by atoms with Gasteiger partial charge in [-0.1, -0.05) is 18.2 Å². The SMILES string of the molecule is O=C(NO)c1ccc(-c2ccn(CCCOc3ccccc3)n2)s1. The molecule has 7 heteroatoms. The number of nitrogens with zero attached hydrogens (tertiary/aromatic N) is 2. The van der Waals surface area contributed by atoms with Gasteiger partial charge in [-0.05, 0) is 30.3 Å². The van der Waals surface area contributed by atoms with Gasteiger partial charge in [-0.3, -0.25) is 14.7 Å². The van der Waals surface area contributed by atoms with E-state index in [1.807, 2.05) is 53.3 Å². The molecule has 2 aromatic heterocycles. The molecular weight excluding hydrogens is 326 g/mol. The van der Waals surface area contributed by atoms with Crippen LogP contribution in [0.3, 0.4) is 0 Å². The maximum absolute atomic E-state index is 11.4. The Labute approximate surface area is 143 Å². The number of aromatic nitrogens is 2. The number of carbonyl (C=O) groups excluding carboxylic acids is 1. The number of carbonyl (C=O) groups is 1. The number of hydrogen-bond donors (Lipinski definition) is 2. The number of rotatable bonds is 7. The molecule has 3 rings (SSSR count). The summed E-state index contributed by atoms with van der Waals surface area (Å²) in [5.41, 5.74) is 2.44. The molecule has 2 heterocycles. The number of hydroxylamine groups is 1. The first-order chi connectivity index (χ1) is 11.8. The van der Waals surface area contributed by atoms with Gasteiger partial charge in [-0.2, -0.15) is 5.10 Å². The van der Waals surface area contributed by atoms with Gasteiger partial charge in [-0.25, -0.2) is 5.48 Å². The highest BCUT2D eigenvalue weighted by Gasteiger charge is 2.11. The van der Waals surface area contributed by atoms with Gasteiger partial charge in [0.2, 0.25) is 0 Å². The molecule has 0 bridgehead atoms. The molecule has 0 saturated carbocycles. The molecule has 0 aliphatic carbocycles. The van der Waals surface area contributed by atoms with Crippen molar-refractivity contribution in [3.63, 3.8) is 0 Å². The monoisotopic (exact) mass is 343 g/mol. The lowest BCUT2D eigenvalue weighted by molar-refractivity contribution is 0.0711. The van der Waals surface area contributed by atoms with Gasteiger partial charge >= 0.3 is 0 Å². The van der Waals surface area contributed by atoms with Crippen molar-refractivity contribution in [1.29, 1.82) is 0 Å². The maximum Gasteiger partial charge on any atom is 0.284 e. The van der Waals surface area contributed by atoms with E-state index in [9.17, 15) is 4.79 Å². The highest BCUT2D eigenvalue weighted by atomic mass is 32.1. The molecular formula is C17H17N3O3S. The molecule has 2 N–H and O–H groups in total. The molecule has 3 aromatic rings. The fourth-order valence-electron chi connectivity index (χ4n) is 2.20. The average Bonchev–Trinajstić information content (AvgIpc) is 3.28. The van der Waals surface area contributed by atoms with E-state index in [0.29, 0.717) is 11.5 Å². The maximum atomic E-state index is 11.4. The van der Waals surface area contributed by atoms with Crippen molar-refractivity contribution in [3.8, 4) is 16.3 Å². The van der Waals surface area contributed by atoms with E-state index in [-0.39, 0.29) is 0 Å². The summed E-state index contributed by atoms with van der Waals surface area (Å²) in [6.07, 6.45) is 2.75. The van der Waals surface area contributed by atoms with Crippen molar-refractivity contribution in [1.82, 2.24) is 15.3 Å². The minimum absolute atomic E-state index is 0.443. The molecule has 1 amide bonds. The molecule has 24 heavy (non-hydrogen) atoms. The Kier molecular flexibility index (Phi) is 5.25. The number of hydrogen-bond acceptors (Lipinski definition) is 5. The number of aryl methyl sites for hydroxylation is 1. The second-order valence-corrected chi connectivity index (χ2v) is 6.17. The predicted octanol–water partition coefficient (Wildman–Crippen LogP) is 3.20. The molecule has 0 unspecified atom stereocenters. The van der Waals surface area contributed by atoms with E-state index in [1.54, 1.807) is 11.5 Å². The number of nitrogens with one attached hydrogen (secondary N) is 1. The molecule has 1 aromatic carbocycles. The Morgan fingerprint density at radius 1 is 1.21 bits per heavy atom. The van der Waals surface area contributed by atoms with Crippen LogP contribution in [0.4, 0.5) is 0 Å². The van der Waals surface area contributed by atoms with Gasteiger partial charge < -0.3 is 4.74 Å². The third-order valence-corrected chi connectivity index (χ3v) is 4.47. The first-order valence-corrected chi connectivity index (χ1v) is 8.34. The molecule has 0 atom stereocenters. The largest absolute Gasteiger partial charge is 0.494 e. The summed E-state index contributed by atoms with van der Waals surface area (Å²) in [6.45, 7) is 1.38. The fraction of sp³-hybridized carbons (Fsp3) is 0.176. The summed E-state index contributed by atoms with van der Waals surface area (Å²) >= 11 is 1.29. The standard InChI is InChI=1S/C17H17N3O3S/c21-17(19-22)16-8-7-15(24-16)14-9-11-20(18-14)10-4-12-23-13-5-2-1-3-6-13/h1-3,5-9,11,22H,4,10,12H2,(H,19,21). The molecule has 0 fully saturated rings. The van der Waals surface area contributed by atoms with E-state index < -0.39 is 5.91 Å². The summed E-state index contributed by atoms with van der Waals surface area (Å²) in [4.78, 5) is 12.7. The van der Waals surface area contributed by atoms with Crippen LogP contribution in [0.2, 0.25) is 0 Å². The highest BCUT2D eigenvalue weighted by molar-refractivity contribution is 7.17. The number of para-hydroxylation sites is 1. The normalized spacial score (nSPS) is 10.5. The van der Waals surface area contributed by atoms with Crippen LogP contribution in [0, 0.1) is 0 Å². The second kappa shape index (κ2) is 7.76. The van der Waals surface area contributed by atoms with Gasteiger partial charge in [0.15, 0.2) is 0 Å². The van der Waals surface area contributed by atoms with Crippen LogP contribution < -0.4 is 10.2 Å². The smallest absolute Gasteiger partial charge is 0.284 e.